The van der Waals surface area contributed by atoms with E-state index in [0.717, 1.165) is 10.9 Å². The van der Waals surface area contributed by atoms with Crippen LogP contribution in [0.5, 0.6) is 0 Å². The minimum atomic E-state index is -0.709. The zero-order valence-corrected chi connectivity index (χ0v) is 16.4. The van der Waals surface area contributed by atoms with Crippen LogP contribution >= 0.6 is 35.0 Å². The summed E-state index contributed by atoms with van der Waals surface area (Å²) in [5.74, 6) is 0.0302. The number of rotatable bonds is 4. The van der Waals surface area contributed by atoms with Gasteiger partial charge in [-0.2, -0.15) is 14.9 Å². The van der Waals surface area contributed by atoms with Crippen molar-refractivity contribution in [2.75, 3.05) is 0 Å². The van der Waals surface area contributed by atoms with Crippen molar-refractivity contribution in [1.82, 2.24) is 25.0 Å². The Kier molecular flexibility index (Phi) is 5.54. The van der Waals surface area contributed by atoms with E-state index in [1.165, 1.54) is 23.9 Å². The van der Waals surface area contributed by atoms with E-state index in [1.54, 1.807) is 6.07 Å². The van der Waals surface area contributed by atoms with E-state index in [9.17, 15) is 14.4 Å². The van der Waals surface area contributed by atoms with E-state index in [-0.39, 0.29) is 21.5 Å². The molecule has 8 nitrogen and oxygen atoms in total. The fourth-order valence-corrected chi connectivity index (χ4v) is 3.80. The molecule has 0 unspecified atom stereocenters. The van der Waals surface area contributed by atoms with E-state index in [4.69, 9.17) is 23.2 Å². The minimum Gasteiger partial charge on any atom is -0.271 e. The van der Waals surface area contributed by atoms with E-state index < -0.39 is 11.2 Å². The second kappa shape index (κ2) is 7.71. The minimum absolute atomic E-state index is 0.0302. The number of aromatic amines is 2. The van der Waals surface area contributed by atoms with Gasteiger partial charge in [0.1, 0.15) is 11.2 Å². The summed E-state index contributed by atoms with van der Waals surface area (Å²) in [4.78, 5) is 37.5. The molecule has 27 heavy (non-hydrogen) atoms. The van der Waals surface area contributed by atoms with Crippen LogP contribution in [0.3, 0.4) is 0 Å². The van der Waals surface area contributed by atoms with Crippen LogP contribution in [0.15, 0.2) is 48.7 Å². The van der Waals surface area contributed by atoms with Gasteiger partial charge < -0.3 is 0 Å². The van der Waals surface area contributed by atoms with E-state index in [2.05, 4.69) is 20.3 Å². The molecule has 0 aliphatic heterocycles. The number of hydrogen-bond donors (Lipinski definition) is 2. The lowest BCUT2D eigenvalue weighted by Gasteiger charge is -2.11. The van der Waals surface area contributed by atoms with Crippen LogP contribution in [0.2, 0.25) is 10.0 Å². The summed E-state index contributed by atoms with van der Waals surface area (Å²) < 4.78 is 0.975. The molecule has 0 aliphatic rings. The molecule has 0 fully saturated rings. The fraction of sp³-hybridized carbons (Fsp3) is 0.188. The highest BCUT2D eigenvalue weighted by atomic mass is 35.5. The number of nitrogens with one attached hydrogen (secondary N) is 2. The van der Waals surface area contributed by atoms with Gasteiger partial charge in [-0.05, 0) is 24.1 Å². The van der Waals surface area contributed by atoms with Crippen molar-refractivity contribution in [2.24, 2.45) is 0 Å². The third-order valence-electron chi connectivity index (χ3n) is 3.58. The largest absolute Gasteiger partial charge is 0.349 e. The Bertz CT molecular complexity index is 1160. The maximum absolute atomic E-state index is 11.9. The highest BCUT2D eigenvalue weighted by Gasteiger charge is 2.15. The molecule has 0 saturated carbocycles. The van der Waals surface area contributed by atoms with Crippen molar-refractivity contribution in [2.45, 2.75) is 29.7 Å². The van der Waals surface area contributed by atoms with Crippen LogP contribution in [0, 0.1) is 0 Å². The van der Waals surface area contributed by atoms with Gasteiger partial charge in [0.25, 0.3) is 11.1 Å². The maximum Gasteiger partial charge on any atom is 0.349 e. The molecule has 0 radical (unpaired) electrons. The molecule has 0 atom stereocenters. The Balaban J connectivity index is 2.01. The van der Waals surface area contributed by atoms with Crippen LogP contribution in [-0.2, 0) is 0 Å². The monoisotopic (exact) mass is 425 g/mol. The van der Waals surface area contributed by atoms with Crippen molar-refractivity contribution in [3.8, 4) is 5.69 Å². The highest BCUT2D eigenvalue weighted by molar-refractivity contribution is 7.99. The summed E-state index contributed by atoms with van der Waals surface area (Å²) in [6, 6.07) is 4.68. The Morgan fingerprint density at radius 3 is 2.37 bits per heavy atom. The summed E-state index contributed by atoms with van der Waals surface area (Å²) >= 11 is 13.8. The molecule has 3 rings (SSSR count). The highest BCUT2D eigenvalue weighted by Crippen LogP contribution is 2.39. The zero-order valence-electron chi connectivity index (χ0n) is 14.1. The lowest BCUT2D eigenvalue weighted by Crippen LogP contribution is -2.30. The van der Waals surface area contributed by atoms with E-state index in [0.29, 0.717) is 21.2 Å². The Morgan fingerprint density at radius 2 is 1.78 bits per heavy atom. The Morgan fingerprint density at radius 1 is 1.11 bits per heavy atom. The number of aromatic nitrogens is 5. The van der Waals surface area contributed by atoms with Gasteiger partial charge in [0.05, 0.1) is 20.6 Å². The molecule has 2 heterocycles. The van der Waals surface area contributed by atoms with Gasteiger partial charge in [0.2, 0.25) is 0 Å². The summed E-state index contributed by atoms with van der Waals surface area (Å²) in [5, 5.41) is 11.3. The SMILES string of the molecule is CC(C)c1cc(Sc2c(Cl)cc(-n3ncc(=O)[nH]c3=O)cc2Cl)n[nH]c1=O. The van der Waals surface area contributed by atoms with Crippen LogP contribution in [0.1, 0.15) is 25.3 Å². The first-order chi connectivity index (χ1) is 12.8. The summed E-state index contributed by atoms with van der Waals surface area (Å²) in [6.45, 7) is 3.81. The van der Waals surface area contributed by atoms with Crippen LogP contribution in [-0.4, -0.2) is 25.0 Å². The second-order valence-electron chi connectivity index (χ2n) is 5.84. The van der Waals surface area contributed by atoms with Gasteiger partial charge >= 0.3 is 5.69 Å². The van der Waals surface area contributed by atoms with Crippen molar-refractivity contribution in [3.63, 3.8) is 0 Å². The van der Waals surface area contributed by atoms with Crippen molar-refractivity contribution in [1.29, 1.82) is 0 Å². The van der Waals surface area contributed by atoms with Gasteiger partial charge in [0.15, 0.2) is 0 Å². The van der Waals surface area contributed by atoms with Crippen LogP contribution in [0.25, 0.3) is 5.69 Å². The number of H-pyrrole nitrogens is 2. The maximum atomic E-state index is 11.9. The molecule has 0 saturated heterocycles. The third kappa shape index (κ3) is 4.15. The molecule has 0 aliphatic carbocycles. The predicted octanol–water partition coefficient (Wildman–Crippen LogP) is 2.59. The molecule has 2 aromatic heterocycles. The number of benzene rings is 1. The quantitative estimate of drug-likeness (QED) is 0.663. The molecule has 0 spiro atoms. The molecule has 11 heteroatoms. The average molecular weight is 426 g/mol. The van der Waals surface area contributed by atoms with Crippen molar-refractivity contribution in [3.05, 3.63) is 71.2 Å². The smallest absolute Gasteiger partial charge is 0.271 e. The van der Waals surface area contributed by atoms with Gasteiger partial charge in [-0.1, -0.05) is 48.8 Å². The lowest BCUT2D eigenvalue weighted by atomic mass is 10.1. The van der Waals surface area contributed by atoms with Gasteiger partial charge in [-0.3, -0.25) is 14.6 Å². The molecule has 2 N–H and O–H groups in total. The number of halogens is 2. The average Bonchev–Trinajstić information content (AvgIpc) is 2.59. The molecular weight excluding hydrogens is 413 g/mol. The van der Waals surface area contributed by atoms with E-state index >= 15 is 0 Å². The fourth-order valence-electron chi connectivity index (χ4n) is 2.29. The first-order valence-corrected chi connectivity index (χ1v) is 9.29. The van der Waals surface area contributed by atoms with Gasteiger partial charge in [-0.15, -0.1) is 0 Å². The second-order valence-corrected chi connectivity index (χ2v) is 7.68. The number of hydrogen-bond acceptors (Lipinski definition) is 6. The zero-order chi connectivity index (χ0) is 19.7. The lowest BCUT2D eigenvalue weighted by molar-refractivity contribution is 0.749. The third-order valence-corrected chi connectivity index (χ3v) is 5.46. The molecule has 3 aromatic rings. The normalized spacial score (nSPS) is 11.1. The predicted molar refractivity (Wildman–Crippen MR) is 104 cm³/mol. The van der Waals surface area contributed by atoms with Crippen LogP contribution in [0.4, 0.5) is 0 Å². The summed E-state index contributed by atoms with van der Waals surface area (Å²) in [6.07, 6.45) is 0.976. The Labute approximate surface area is 166 Å². The van der Waals surface area contributed by atoms with Crippen molar-refractivity contribution >= 4 is 35.0 Å². The topological polar surface area (TPSA) is 114 Å². The molecule has 0 bridgehead atoms. The number of nitrogens with zero attached hydrogens (tertiary/aromatic N) is 3. The summed E-state index contributed by atoms with van der Waals surface area (Å²) in [5.41, 5.74) is -0.664. The Hall–Kier alpha value is -2.36. The van der Waals surface area contributed by atoms with Crippen molar-refractivity contribution < 1.29 is 0 Å². The first kappa shape index (κ1) is 19.4. The van der Waals surface area contributed by atoms with Crippen LogP contribution < -0.4 is 16.8 Å². The van der Waals surface area contributed by atoms with Gasteiger partial charge in [0, 0.05) is 5.56 Å². The molecule has 0 amide bonds. The first-order valence-electron chi connectivity index (χ1n) is 7.72. The molecular formula is C16H13Cl2N5O3S. The molecule has 1 aromatic carbocycles. The molecule has 140 valence electrons. The van der Waals surface area contributed by atoms with Gasteiger partial charge in [-0.25, -0.2) is 9.89 Å². The van der Waals surface area contributed by atoms with E-state index in [1.807, 2.05) is 13.8 Å². The standard InChI is InChI=1S/C16H13Cl2N5O3S/c1-7(2)9-5-13(21-22-15(9)25)27-14-10(17)3-8(4-11(14)18)23-16(26)20-12(24)6-19-23/h3-7H,1-2H3,(H,22,25)(H,20,24,26). The summed E-state index contributed by atoms with van der Waals surface area (Å²) in [7, 11) is 0.